The van der Waals surface area contributed by atoms with Gasteiger partial charge in [-0.1, -0.05) is 30.3 Å². The van der Waals surface area contributed by atoms with E-state index < -0.39 is 5.91 Å². The summed E-state index contributed by atoms with van der Waals surface area (Å²) in [5.41, 5.74) is 8.39. The standard InChI is InChI=1S/C22H26N6O3.HI/c1-24-22(27-12-16-10-20(30)28-18-5-3-2-4-17(16)18)26-11-14-6-8-15(9-7-14)21(31)25-13-19(23)29;/h2-9,16H,10-13H2,1H3,(H2,23,29)(H,25,31)(H,28,30)(H2,24,26,27);1H. The molecule has 3 rings (SSSR count). The summed E-state index contributed by atoms with van der Waals surface area (Å²) in [7, 11) is 1.68. The average Bonchev–Trinajstić information content (AvgIpc) is 2.77. The Kier molecular flexibility index (Phi) is 9.44. The lowest BCUT2D eigenvalue weighted by Crippen LogP contribution is -2.40. The molecule has 0 aliphatic carbocycles. The molecule has 1 aliphatic rings. The third kappa shape index (κ3) is 6.94. The SMILES string of the molecule is CN=C(NCc1ccc(C(=O)NCC(N)=O)cc1)NCC1CC(=O)Nc2ccccc21.I. The highest BCUT2D eigenvalue weighted by Gasteiger charge is 2.24. The van der Waals surface area contributed by atoms with Crippen molar-refractivity contribution in [2.24, 2.45) is 10.7 Å². The lowest BCUT2D eigenvalue weighted by atomic mass is 9.90. The van der Waals surface area contributed by atoms with E-state index in [4.69, 9.17) is 5.73 Å². The highest BCUT2D eigenvalue weighted by molar-refractivity contribution is 14.0. The van der Waals surface area contributed by atoms with Gasteiger partial charge in [-0.2, -0.15) is 0 Å². The molecule has 32 heavy (non-hydrogen) atoms. The minimum Gasteiger partial charge on any atom is -0.368 e. The van der Waals surface area contributed by atoms with Crippen molar-refractivity contribution in [2.45, 2.75) is 18.9 Å². The van der Waals surface area contributed by atoms with Gasteiger partial charge in [-0.25, -0.2) is 0 Å². The molecule has 1 heterocycles. The number of rotatable bonds is 7. The number of nitrogens with two attached hydrogens (primary N) is 1. The zero-order valence-electron chi connectivity index (χ0n) is 17.7. The number of primary amides is 1. The topological polar surface area (TPSA) is 138 Å². The van der Waals surface area contributed by atoms with Crippen LogP contribution in [0.3, 0.4) is 0 Å². The number of carbonyl (C=O) groups excluding carboxylic acids is 3. The number of benzene rings is 2. The zero-order chi connectivity index (χ0) is 22.2. The number of halogens is 1. The highest BCUT2D eigenvalue weighted by Crippen LogP contribution is 2.31. The minimum absolute atomic E-state index is 0. The predicted octanol–water partition coefficient (Wildman–Crippen LogP) is 1.31. The molecule has 0 radical (unpaired) electrons. The van der Waals surface area contributed by atoms with Crippen molar-refractivity contribution in [3.05, 3.63) is 65.2 Å². The van der Waals surface area contributed by atoms with Crippen LogP contribution in [-0.2, 0) is 16.1 Å². The molecule has 1 atom stereocenters. The van der Waals surface area contributed by atoms with Gasteiger partial charge >= 0.3 is 0 Å². The Labute approximate surface area is 203 Å². The number of para-hydroxylation sites is 1. The van der Waals surface area contributed by atoms with Gasteiger partial charge in [0.25, 0.3) is 5.91 Å². The molecule has 9 nitrogen and oxygen atoms in total. The first-order valence-electron chi connectivity index (χ1n) is 9.95. The Morgan fingerprint density at radius 2 is 1.81 bits per heavy atom. The Morgan fingerprint density at radius 3 is 2.50 bits per heavy atom. The van der Waals surface area contributed by atoms with Crippen LogP contribution in [0.5, 0.6) is 0 Å². The van der Waals surface area contributed by atoms with Crippen LogP contribution in [0, 0.1) is 0 Å². The molecule has 10 heteroatoms. The van der Waals surface area contributed by atoms with Gasteiger partial charge in [-0.05, 0) is 29.3 Å². The number of nitrogens with zero attached hydrogens (tertiary/aromatic N) is 1. The van der Waals surface area contributed by atoms with E-state index >= 15 is 0 Å². The van der Waals surface area contributed by atoms with Crippen molar-refractivity contribution in [3.8, 4) is 0 Å². The minimum atomic E-state index is -0.592. The summed E-state index contributed by atoms with van der Waals surface area (Å²) in [6.07, 6.45) is 0.417. The number of hydrogen-bond acceptors (Lipinski definition) is 4. The third-order valence-corrected chi connectivity index (χ3v) is 4.95. The second kappa shape index (κ2) is 12.0. The molecule has 3 amide bonds. The molecule has 0 fully saturated rings. The maximum atomic E-state index is 12.0. The lowest BCUT2D eigenvalue weighted by Gasteiger charge is -2.26. The van der Waals surface area contributed by atoms with E-state index in [9.17, 15) is 14.4 Å². The Hall–Kier alpha value is -3.15. The number of fused-ring (bicyclic) bond motifs is 1. The molecular weight excluding hydrogens is 523 g/mol. The second-order valence-electron chi connectivity index (χ2n) is 7.19. The monoisotopic (exact) mass is 550 g/mol. The number of aliphatic imine (C=N–C) groups is 1. The van der Waals surface area contributed by atoms with Gasteiger partial charge in [0.1, 0.15) is 0 Å². The summed E-state index contributed by atoms with van der Waals surface area (Å²) in [5.74, 6) is -0.264. The molecule has 0 bridgehead atoms. The smallest absolute Gasteiger partial charge is 0.251 e. The van der Waals surface area contributed by atoms with Gasteiger partial charge in [0.05, 0.1) is 6.54 Å². The van der Waals surface area contributed by atoms with Gasteiger partial charge in [-0.3, -0.25) is 19.4 Å². The molecule has 0 saturated heterocycles. The fraction of sp³-hybridized carbons (Fsp3) is 0.273. The Balaban J connectivity index is 0.00000363. The molecule has 0 saturated carbocycles. The van der Waals surface area contributed by atoms with Crippen molar-refractivity contribution in [2.75, 3.05) is 25.5 Å². The largest absolute Gasteiger partial charge is 0.368 e. The fourth-order valence-electron chi connectivity index (χ4n) is 3.35. The van der Waals surface area contributed by atoms with Crippen molar-refractivity contribution < 1.29 is 14.4 Å². The lowest BCUT2D eigenvalue weighted by molar-refractivity contribution is -0.117. The van der Waals surface area contributed by atoms with Gasteiger partial charge < -0.3 is 27.0 Å². The van der Waals surface area contributed by atoms with Gasteiger partial charge in [0.15, 0.2) is 5.96 Å². The van der Waals surface area contributed by atoms with Crippen LogP contribution in [-0.4, -0.2) is 43.8 Å². The molecule has 1 unspecified atom stereocenters. The Morgan fingerprint density at radius 1 is 1.09 bits per heavy atom. The van der Waals surface area contributed by atoms with Crippen LogP contribution >= 0.6 is 24.0 Å². The first-order valence-corrected chi connectivity index (χ1v) is 9.95. The normalized spacial score (nSPS) is 15.0. The van der Waals surface area contributed by atoms with Crippen LogP contribution in [0.2, 0.25) is 0 Å². The van der Waals surface area contributed by atoms with Crippen LogP contribution in [0.4, 0.5) is 5.69 Å². The number of hydrogen-bond donors (Lipinski definition) is 5. The van der Waals surface area contributed by atoms with E-state index in [0.717, 1.165) is 16.8 Å². The van der Waals surface area contributed by atoms with E-state index in [0.29, 0.717) is 31.0 Å². The van der Waals surface area contributed by atoms with Crippen molar-refractivity contribution >= 4 is 53.3 Å². The van der Waals surface area contributed by atoms with Crippen molar-refractivity contribution in [1.29, 1.82) is 0 Å². The summed E-state index contributed by atoms with van der Waals surface area (Å²) in [5, 5.41) is 11.9. The van der Waals surface area contributed by atoms with Crippen molar-refractivity contribution in [1.82, 2.24) is 16.0 Å². The first-order chi connectivity index (χ1) is 15.0. The highest BCUT2D eigenvalue weighted by atomic mass is 127. The van der Waals surface area contributed by atoms with Crippen LogP contribution in [0.15, 0.2) is 53.5 Å². The van der Waals surface area contributed by atoms with Gasteiger partial charge in [0, 0.05) is 43.7 Å². The summed E-state index contributed by atoms with van der Waals surface area (Å²) >= 11 is 0. The van der Waals surface area contributed by atoms with Gasteiger partial charge in [0.2, 0.25) is 11.8 Å². The zero-order valence-corrected chi connectivity index (χ0v) is 20.0. The van der Waals surface area contributed by atoms with Crippen molar-refractivity contribution in [3.63, 3.8) is 0 Å². The van der Waals surface area contributed by atoms with Crippen LogP contribution in [0.25, 0.3) is 0 Å². The van der Waals surface area contributed by atoms with Crippen LogP contribution in [0.1, 0.15) is 33.8 Å². The molecule has 1 aliphatic heterocycles. The molecule has 6 N–H and O–H groups in total. The number of anilines is 1. The average molecular weight is 550 g/mol. The van der Waals surface area contributed by atoms with Gasteiger partial charge in [-0.15, -0.1) is 24.0 Å². The van der Waals surface area contributed by atoms with E-state index in [-0.39, 0.29) is 48.3 Å². The number of guanidine groups is 1. The number of nitrogens with one attached hydrogen (secondary N) is 4. The Bertz CT molecular complexity index is 993. The summed E-state index contributed by atoms with van der Waals surface area (Å²) < 4.78 is 0. The molecule has 2 aromatic rings. The molecule has 0 aromatic heterocycles. The van der Waals surface area contributed by atoms with E-state index in [1.165, 1.54) is 0 Å². The summed E-state index contributed by atoms with van der Waals surface area (Å²) in [6.45, 7) is 0.880. The van der Waals surface area contributed by atoms with Crippen LogP contribution < -0.4 is 27.0 Å². The summed E-state index contributed by atoms with van der Waals surface area (Å²) in [4.78, 5) is 38.9. The molecule has 0 spiro atoms. The maximum absolute atomic E-state index is 12.0. The molecule has 2 aromatic carbocycles. The molecule has 170 valence electrons. The quantitative estimate of drug-likeness (QED) is 0.201. The maximum Gasteiger partial charge on any atom is 0.251 e. The molecular formula is C22H27IN6O3. The fourth-order valence-corrected chi connectivity index (χ4v) is 3.35. The van der Waals surface area contributed by atoms with E-state index in [1.807, 2.05) is 36.4 Å². The predicted molar refractivity (Wildman–Crippen MR) is 134 cm³/mol. The summed E-state index contributed by atoms with van der Waals surface area (Å²) in [6, 6.07) is 14.8. The second-order valence-corrected chi connectivity index (χ2v) is 7.19. The third-order valence-electron chi connectivity index (χ3n) is 4.95. The number of carbonyl (C=O) groups is 3. The number of amides is 3. The van der Waals surface area contributed by atoms with E-state index in [1.54, 1.807) is 19.2 Å². The first kappa shape index (κ1) is 25.1. The van der Waals surface area contributed by atoms with E-state index in [2.05, 4.69) is 26.3 Å².